The van der Waals surface area contributed by atoms with Crippen LogP contribution < -0.4 is 0 Å². The molecular weight excluding hydrogens is 210 g/mol. The molecule has 13 heavy (non-hydrogen) atoms. The predicted octanol–water partition coefficient (Wildman–Crippen LogP) is 3.00. The molecule has 1 aromatic carbocycles. The second kappa shape index (κ2) is 4.48. The average Bonchev–Trinajstić information content (AvgIpc) is 2.03. The summed E-state index contributed by atoms with van der Waals surface area (Å²) < 4.78 is 0. The number of thioether (sulfide) groups is 1. The number of rotatable bonds is 3. The highest BCUT2D eigenvalue weighted by atomic mass is 35.5. The first-order chi connectivity index (χ1) is 6.13. The fraction of sp³-hybridized carbons (Fsp3) is 0.250. The molecule has 0 aliphatic rings. The van der Waals surface area contributed by atoms with Crippen molar-refractivity contribution in [3.8, 4) is 0 Å². The molecule has 0 amide bonds. The van der Waals surface area contributed by atoms with Gasteiger partial charge >= 0.3 is 5.69 Å². The summed E-state index contributed by atoms with van der Waals surface area (Å²) in [6.45, 7) is 0. The molecule has 0 radical (unpaired) electrons. The minimum Gasteiger partial charge on any atom is -0.241 e. The zero-order valence-corrected chi connectivity index (χ0v) is 8.60. The van der Waals surface area contributed by atoms with Crippen molar-refractivity contribution < 1.29 is 10.1 Å². The molecule has 0 spiro atoms. The SMILES string of the molecule is CSCc1cc(Cl)cc([N+](=O)O)c1. The van der Waals surface area contributed by atoms with Crippen molar-refractivity contribution >= 4 is 29.1 Å². The van der Waals surface area contributed by atoms with Crippen LogP contribution in [0.3, 0.4) is 0 Å². The largest absolute Gasteiger partial charge is 0.318 e. The second-order valence-electron chi connectivity index (χ2n) is 2.52. The van der Waals surface area contributed by atoms with Crippen molar-refractivity contribution in [2.75, 3.05) is 6.26 Å². The summed E-state index contributed by atoms with van der Waals surface area (Å²) in [6, 6.07) is 4.79. The first kappa shape index (κ1) is 10.3. The molecule has 70 valence electrons. The van der Waals surface area contributed by atoms with Gasteiger partial charge < -0.3 is 0 Å². The van der Waals surface area contributed by atoms with Gasteiger partial charge in [-0.15, -0.1) is 0 Å². The van der Waals surface area contributed by atoms with E-state index in [1.807, 2.05) is 6.26 Å². The monoisotopic (exact) mass is 218 g/mol. The van der Waals surface area contributed by atoms with Crippen molar-refractivity contribution in [1.29, 1.82) is 0 Å². The van der Waals surface area contributed by atoms with E-state index >= 15 is 0 Å². The minimum atomic E-state index is -0.185. The third-order valence-electron chi connectivity index (χ3n) is 1.47. The van der Waals surface area contributed by atoms with Crippen LogP contribution in [0.5, 0.6) is 0 Å². The molecule has 0 aliphatic carbocycles. The summed E-state index contributed by atoms with van der Waals surface area (Å²) in [5, 5.41) is 9.11. The van der Waals surface area contributed by atoms with E-state index in [0.29, 0.717) is 5.02 Å². The molecule has 1 aromatic rings. The molecule has 0 atom stereocenters. The molecule has 0 saturated heterocycles. The number of benzene rings is 1. The second-order valence-corrected chi connectivity index (χ2v) is 3.83. The van der Waals surface area contributed by atoms with Gasteiger partial charge in [0.2, 0.25) is 0 Å². The van der Waals surface area contributed by atoms with Crippen LogP contribution in [0.2, 0.25) is 5.02 Å². The Morgan fingerprint density at radius 2 is 2.23 bits per heavy atom. The van der Waals surface area contributed by atoms with Gasteiger partial charge in [-0.1, -0.05) is 11.6 Å². The Balaban J connectivity index is 3.03. The summed E-state index contributed by atoms with van der Waals surface area (Å²) >= 11 is 7.37. The van der Waals surface area contributed by atoms with Gasteiger partial charge in [-0.2, -0.15) is 11.8 Å². The Bertz CT molecular complexity index is 330. The molecule has 0 aromatic heterocycles. The Labute approximate surface area is 85.2 Å². The molecule has 5 heteroatoms. The number of hydrogen-bond acceptors (Lipinski definition) is 2. The van der Waals surface area contributed by atoms with Crippen molar-refractivity contribution in [1.82, 2.24) is 0 Å². The van der Waals surface area contributed by atoms with Crippen LogP contribution in [-0.2, 0) is 5.75 Å². The van der Waals surface area contributed by atoms with E-state index in [1.165, 1.54) is 6.07 Å². The fourth-order valence-electron chi connectivity index (χ4n) is 0.994. The zero-order chi connectivity index (χ0) is 9.84. The average molecular weight is 219 g/mol. The highest BCUT2D eigenvalue weighted by molar-refractivity contribution is 7.97. The van der Waals surface area contributed by atoms with Gasteiger partial charge in [0.15, 0.2) is 0 Å². The van der Waals surface area contributed by atoms with Gasteiger partial charge in [0, 0.05) is 22.9 Å². The van der Waals surface area contributed by atoms with E-state index in [0.717, 1.165) is 11.3 Å². The van der Waals surface area contributed by atoms with Gasteiger partial charge in [0.05, 0.1) is 4.91 Å². The maximum Gasteiger partial charge on any atom is 0.318 e. The van der Waals surface area contributed by atoms with Crippen molar-refractivity contribution in [3.05, 3.63) is 33.7 Å². The molecular formula is C8H9ClNO2S+. The van der Waals surface area contributed by atoms with Gasteiger partial charge in [-0.05, 0) is 17.9 Å². The quantitative estimate of drug-likeness (QED) is 0.793. The van der Waals surface area contributed by atoms with Gasteiger partial charge in [0.25, 0.3) is 4.92 Å². The van der Waals surface area contributed by atoms with E-state index in [2.05, 4.69) is 0 Å². The number of halogens is 1. The van der Waals surface area contributed by atoms with E-state index in [4.69, 9.17) is 16.8 Å². The lowest BCUT2D eigenvalue weighted by molar-refractivity contribution is -0.729. The molecule has 0 fully saturated rings. The molecule has 0 unspecified atom stereocenters. The summed E-state index contributed by atoms with van der Waals surface area (Å²) in [5.74, 6) is 0.765. The maximum atomic E-state index is 10.6. The lowest BCUT2D eigenvalue weighted by Crippen LogP contribution is -1.93. The zero-order valence-electron chi connectivity index (χ0n) is 7.03. The van der Waals surface area contributed by atoms with Crippen molar-refractivity contribution in [2.45, 2.75) is 5.75 Å². The van der Waals surface area contributed by atoms with Crippen LogP contribution in [0.15, 0.2) is 18.2 Å². The highest BCUT2D eigenvalue weighted by Crippen LogP contribution is 2.22. The van der Waals surface area contributed by atoms with Gasteiger partial charge in [-0.3, -0.25) is 0 Å². The van der Waals surface area contributed by atoms with Crippen LogP contribution in [0.4, 0.5) is 5.69 Å². The highest BCUT2D eigenvalue weighted by Gasteiger charge is 2.13. The van der Waals surface area contributed by atoms with Crippen LogP contribution in [0, 0.1) is 4.91 Å². The molecule has 0 saturated carbocycles. The molecule has 0 bridgehead atoms. The normalized spacial score (nSPS) is 10.0. The number of hydrogen-bond donors (Lipinski definition) is 1. The van der Waals surface area contributed by atoms with E-state index in [1.54, 1.807) is 23.9 Å². The topological polar surface area (TPSA) is 40.3 Å². The van der Waals surface area contributed by atoms with Crippen LogP contribution in [-0.4, -0.2) is 16.4 Å². The first-order valence-corrected chi connectivity index (χ1v) is 5.35. The van der Waals surface area contributed by atoms with E-state index in [9.17, 15) is 4.91 Å². The van der Waals surface area contributed by atoms with E-state index < -0.39 is 0 Å². The maximum absolute atomic E-state index is 10.6. The minimum absolute atomic E-state index is 0.163. The Morgan fingerprint density at radius 3 is 2.77 bits per heavy atom. The van der Waals surface area contributed by atoms with Gasteiger partial charge in [0.1, 0.15) is 0 Å². The summed E-state index contributed by atoms with van der Waals surface area (Å²) in [5.41, 5.74) is 1.08. The molecule has 0 aliphatic heterocycles. The standard InChI is InChI=1S/C8H9ClNO2S/c1-13-5-6-2-7(9)4-8(3-6)10(11)12/h2-4H,5H2,1H3,(H,11,12)/q+1. The van der Waals surface area contributed by atoms with Crippen LogP contribution >= 0.6 is 23.4 Å². The third kappa shape index (κ3) is 2.90. The molecule has 0 heterocycles. The van der Waals surface area contributed by atoms with Crippen LogP contribution in [0.25, 0.3) is 0 Å². The molecule has 1 N–H and O–H groups in total. The summed E-state index contributed by atoms with van der Waals surface area (Å²) in [6.07, 6.45) is 1.95. The lowest BCUT2D eigenvalue weighted by atomic mass is 10.2. The third-order valence-corrected chi connectivity index (χ3v) is 2.31. The molecule has 1 rings (SSSR count). The first-order valence-electron chi connectivity index (χ1n) is 3.58. The molecule has 3 nitrogen and oxygen atoms in total. The lowest BCUT2D eigenvalue weighted by Gasteiger charge is -1.97. The smallest absolute Gasteiger partial charge is 0.241 e. The number of nitrogens with zero attached hydrogens (tertiary/aromatic N) is 1. The Morgan fingerprint density at radius 1 is 1.54 bits per heavy atom. The van der Waals surface area contributed by atoms with Crippen molar-refractivity contribution in [2.24, 2.45) is 0 Å². The van der Waals surface area contributed by atoms with E-state index in [-0.39, 0.29) is 10.6 Å². The summed E-state index contributed by atoms with van der Waals surface area (Å²) in [4.78, 5) is 10.4. The van der Waals surface area contributed by atoms with Gasteiger partial charge in [-0.25, -0.2) is 5.21 Å². The Hall–Kier alpha value is -0.740. The fourth-order valence-corrected chi connectivity index (χ4v) is 1.75. The predicted molar refractivity (Wildman–Crippen MR) is 53.7 cm³/mol. The Kier molecular flexibility index (Phi) is 3.57. The van der Waals surface area contributed by atoms with Crippen LogP contribution in [0.1, 0.15) is 5.56 Å². The summed E-state index contributed by atoms with van der Waals surface area (Å²) in [7, 11) is 0. The van der Waals surface area contributed by atoms with Crippen molar-refractivity contribution in [3.63, 3.8) is 0 Å².